The Labute approximate surface area is 138 Å². The maximum absolute atomic E-state index is 5.88. The molecule has 0 unspecified atom stereocenters. The van der Waals surface area contributed by atoms with Gasteiger partial charge < -0.3 is 10.6 Å². The second-order valence-corrected chi connectivity index (χ2v) is 6.64. The van der Waals surface area contributed by atoms with Crippen LogP contribution in [0.15, 0.2) is 18.2 Å². The van der Waals surface area contributed by atoms with Gasteiger partial charge in [-0.15, -0.1) is 0 Å². The van der Waals surface area contributed by atoms with E-state index in [0.717, 1.165) is 12.2 Å². The molecule has 0 aromatic heterocycles. The van der Waals surface area contributed by atoms with Gasteiger partial charge in [0.25, 0.3) is 0 Å². The van der Waals surface area contributed by atoms with Crippen molar-refractivity contribution in [1.29, 1.82) is 0 Å². The maximum Gasteiger partial charge on any atom is 0.0367 e. The van der Waals surface area contributed by atoms with Gasteiger partial charge in [0.1, 0.15) is 0 Å². The summed E-state index contributed by atoms with van der Waals surface area (Å²) in [5.41, 5.74) is 9.22. The van der Waals surface area contributed by atoms with Gasteiger partial charge in [0.15, 0.2) is 0 Å². The molecule has 1 aromatic rings. The lowest BCUT2D eigenvalue weighted by molar-refractivity contribution is 0.556. The Morgan fingerprint density at radius 1 is 0.864 bits per heavy atom. The van der Waals surface area contributed by atoms with Gasteiger partial charge in [-0.25, -0.2) is 0 Å². The summed E-state index contributed by atoms with van der Waals surface area (Å²) in [6.07, 6.45) is 13.9. The molecule has 2 nitrogen and oxygen atoms in total. The van der Waals surface area contributed by atoms with Crippen molar-refractivity contribution in [3.63, 3.8) is 0 Å². The zero-order valence-electron chi connectivity index (χ0n) is 15.0. The molecule has 0 bridgehead atoms. The molecular weight excluding hydrogens is 268 g/mol. The minimum Gasteiger partial charge on any atom is -0.399 e. The lowest BCUT2D eigenvalue weighted by Gasteiger charge is -2.20. The van der Waals surface area contributed by atoms with Crippen LogP contribution in [-0.2, 0) is 0 Å². The average Bonchev–Trinajstić information content (AvgIpc) is 2.51. The second kappa shape index (κ2) is 11.4. The lowest BCUT2D eigenvalue weighted by Crippen LogP contribution is -2.18. The molecular formula is C20H36N2. The van der Waals surface area contributed by atoms with Crippen molar-refractivity contribution in [3.8, 4) is 0 Å². The summed E-state index contributed by atoms with van der Waals surface area (Å²) in [6.45, 7) is 5.50. The van der Waals surface area contributed by atoms with Crippen LogP contribution in [0.3, 0.4) is 0 Å². The Bertz CT molecular complexity index is 401. The molecule has 0 aliphatic rings. The fraction of sp³-hybridized carbons (Fsp3) is 0.700. The predicted molar refractivity (Wildman–Crippen MR) is 101 cm³/mol. The molecule has 0 saturated heterocycles. The number of nitrogens with two attached hydrogens (primary N) is 1. The van der Waals surface area contributed by atoms with E-state index in [9.17, 15) is 0 Å². The van der Waals surface area contributed by atoms with Gasteiger partial charge in [-0.3, -0.25) is 0 Å². The largest absolute Gasteiger partial charge is 0.399 e. The number of unbranched alkanes of at least 4 members (excludes halogenated alkanes) is 9. The molecule has 0 amide bonds. The molecule has 22 heavy (non-hydrogen) atoms. The third-order valence-corrected chi connectivity index (χ3v) is 4.54. The molecule has 126 valence electrons. The molecule has 2 heteroatoms. The van der Waals surface area contributed by atoms with Crippen LogP contribution in [0.25, 0.3) is 0 Å². The fourth-order valence-corrected chi connectivity index (χ4v) is 2.86. The fourth-order valence-electron chi connectivity index (χ4n) is 2.86. The van der Waals surface area contributed by atoms with Gasteiger partial charge >= 0.3 is 0 Å². The average molecular weight is 305 g/mol. The summed E-state index contributed by atoms with van der Waals surface area (Å²) >= 11 is 0. The van der Waals surface area contributed by atoms with E-state index in [1.54, 1.807) is 0 Å². The van der Waals surface area contributed by atoms with E-state index in [-0.39, 0.29) is 0 Å². The Morgan fingerprint density at radius 2 is 1.41 bits per heavy atom. The summed E-state index contributed by atoms with van der Waals surface area (Å²) in [4.78, 5) is 2.34. The Morgan fingerprint density at radius 3 is 1.95 bits per heavy atom. The first-order valence-corrected chi connectivity index (χ1v) is 9.22. The SMILES string of the molecule is CCCCCCCCCCCCN(C)c1ccc(N)c(C)c1. The van der Waals surface area contributed by atoms with Crippen molar-refractivity contribution in [2.45, 2.75) is 78.1 Å². The zero-order valence-corrected chi connectivity index (χ0v) is 15.0. The summed E-state index contributed by atoms with van der Waals surface area (Å²) in [5, 5.41) is 0. The minimum atomic E-state index is 0.885. The van der Waals surface area contributed by atoms with E-state index in [0.29, 0.717) is 0 Å². The highest BCUT2D eigenvalue weighted by Gasteiger charge is 2.02. The van der Waals surface area contributed by atoms with Crippen molar-refractivity contribution in [1.82, 2.24) is 0 Å². The molecule has 1 rings (SSSR count). The zero-order chi connectivity index (χ0) is 16.2. The molecule has 0 atom stereocenters. The highest BCUT2D eigenvalue weighted by Crippen LogP contribution is 2.20. The smallest absolute Gasteiger partial charge is 0.0367 e. The maximum atomic E-state index is 5.88. The van der Waals surface area contributed by atoms with Crippen LogP contribution in [0.5, 0.6) is 0 Å². The first-order valence-electron chi connectivity index (χ1n) is 9.22. The Hall–Kier alpha value is -1.18. The third-order valence-electron chi connectivity index (χ3n) is 4.54. The van der Waals surface area contributed by atoms with E-state index in [1.165, 1.54) is 75.5 Å². The third kappa shape index (κ3) is 7.72. The van der Waals surface area contributed by atoms with Crippen molar-refractivity contribution in [2.75, 3.05) is 24.2 Å². The number of nitrogens with zero attached hydrogens (tertiary/aromatic N) is 1. The highest BCUT2D eigenvalue weighted by molar-refractivity contribution is 5.57. The van der Waals surface area contributed by atoms with E-state index in [1.807, 2.05) is 6.07 Å². The molecule has 0 heterocycles. The number of anilines is 2. The van der Waals surface area contributed by atoms with Gasteiger partial charge in [0.2, 0.25) is 0 Å². The molecule has 2 N–H and O–H groups in total. The van der Waals surface area contributed by atoms with E-state index in [2.05, 4.69) is 37.9 Å². The van der Waals surface area contributed by atoms with E-state index in [4.69, 9.17) is 5.73 Å². The van der Waals surface area contributed by atoms with Gasteiger partial charge in [-0.1, -0.05) is 64.7 Å². The number of hydrogen-bond donors (Lipinski definition) is 1. The molecule has 1 aromatic carbocycles. The second-order valence-electron chi connectivity index (χ2n) is 6.64. The van der Waals surface area contributed by atoms with Crippen LogP contribution in [0.2, 0.25) is 0 Å². The standard InChI is InChI=1S/C20H36N2/c1-4-5-6-7-8-9-10-11-12-13-16-22(3)19-14-15-20(21)18(2)17-19/h14-15,17H,4-13,16,21H2,1-3H3. The molecule has 0 saturated carbocycles. The normalized spacial score (nSPS) is 10.9. The number of nitrogen functional groups attached to an aromatic ring is 1. The highest BCUT2D eigenvalue weighted by atomic mass is 15.1. The summed E-state index contributed by atoms with van der Waals surface area (Å²) in [5.74, 6) is 0. The number of benzene rings is 1. The van der Waals surface area contributed by atoms with Crippen molar-refractivity contribution < 1.29 is 0 Å². The molecule has 0 aliphatic carbocycles. The molecule has 0 spiro atoms. The first-order chi connectivity index (χ1) is 10.6. The Kier molecular flexibility index (Phi) is 9.77. The van der Waals surface area contributed by atoms with Crippen LogP contribution in [0.1, 0.15) is 76.7 Å². The van der Waals surface area contributed by atoms with E-state index >= 15 is 0 Å². The van der Waals surface area contributed by atoms with Crippen molar-refractivity contribution in [2.24, 2.45) is 0 Å². The van der Waals surface area contributed by atoms with Gasteiger partial charge in [-0.05, 0) is 37.1 Å². The van der Waals surface area contributed by atoms with Crippen LogP contribution < -0.4 is 10.6 Å². The topological polar surface area (TPSA) is 29.3 Å². The summed E-state index contributed by atoms with van der Waals surface area (Å²) < 4.78 is 0. The van der Waals surface area contributed by atoms with Gasteiger partial charge in [0, 0.05) is 25.0 Å². The van der Waals surface area contributed by atoms with Crippen LogP contribution >= 0.6 is 0 Å². The van der Waals surface area contributed by atoms with Crippen LogP contribution in [0.4, 0.5) is 11.4 Å². The van der Waals surface area contributed by atoms with Gasteiger partial charge in [-0.2, -0.15) is 0 Å². The van der Waals surface area contributed by atoms with Gasteiger partial charge in [0.05, 0.1) is 0 Å². The van der Waals surface area contributed by atoms with Crippen molar-refractivity contribution >= 4 is 11.4 Å². The molecule has 0 aliphatic heterocycles. The number of rotatable bonds is 12. The predicted octanol–water partition coefficient (Wildman–Crippen LogP) is 5.93. The van der Waals surface area contributed by atoms with Crippen LogP contribution in [0, 0.1) is 6.92 Å². The number of hydrogen-bond acceptors (Lipinski definition) is 2. The first kappa shape index (κ1) is 18.9. The summed E-state index contributed by atoms with van der Waals surface area (Å²) in [7, 11) is 2.18. The molecule has 0 fully saturated rings. The number of aryl methyl sites for hydroxylation is 1. The van der Waals surface area contributed by atoms with E-state index < -0.39 is 0 Å². The van der Waals surface area contributed by atoms with Crippen molar-refractivity contribution in [3.05, 3.63) is 23.8 Å². The minimum absolute atomic E-state index is 0.885. The lowest BCUT2D eigenvalue weighted by atomic mass is 10.1. The van der Waals surface area contributed by atoms with Crippen LogP contribution in [-0.4, -0.2) is 13.6 Å². The Balaban J connectivity index is 2.03. The molecule has 0 radical (unpaired) electrons. The monoisotopic (exact) mass is 304 g/mol. The quantitative estimate of drug-likeness (QED) is 0.383. The summed E-state index contributed by atoms with van der Waals surface area (Å²) in [6, 6.07) is 6.32.